The topological polar surface area (TPSA) is 84.2 Å². The van der Waals surface area contributed by atoms with E-state index in [0.29, 0.717) is 11.3 Å². The minimum atomic E-state index is -0.528. The number of amides is 2. The molecule has 5 nitrogen and oxygen atoms in total. The second kappa shape index (κ2) is 7.76. The molecule has 0 aromatic heterocycles. The van der Waals surface area contributed by atoms with E-state index < -0.39 is 5.91 Å². The fraction of sp³-hybridized carbons (Fsp3) is 0.0500. The zero-order valence-electron chi connectivity index (χ0n) is 13.9. The fourth-order valence-electron chi connectivity index (χ4n) is 2.70. The first-order valence-electron chi connectivity index (χ1n) is 8.00. The molecule has 26 heavy (non-hydrogen) atoms. The van der Waals surface area contributed by atoms with E-state index in [-0.39, 0.29) is 17.4 Å². The fourth-order valence-corrected chi connectivity index (χ4v) is 2.93. The minimum absolute atomic E-state index is 0.164. The Hall–Kier alpha value is -3.25. The Balaban J connectivity index is 1.65. The quantitative estimate of drug-likeness (QED) is 0.622. The summed E-state index contributed by atoms with van der Waals surface area (Å²) in [5.41, 5.74) is 7.13. The molecule has 6 heteroatoms. The molecule has 0 heterocycles. The van der Waals surface area contributed by atoms with Crippen LogP contribution >= 0.6 is 12.2 Å². The number of carbonyl (C=O) groups excluding carboxylic acids is 2. The lowest BCUT2D eigenvalue weighted by Gasteiger charge is -2.11. The highest BCUT2D eigenvalue weighted by atomic mass is 32.1. The summed E-state index contributed by atoms with van der Waals surface area (Å²) in [5, 5.41) is 7.83. The van der Waals surface area contributed by atoms with Gasteiger partial charge in [-0.1, -0.05) is 48.5 Å². The summed E-state index contributed by atoms with van der Waals surface area (Å²) in [5.74, 6) is -0.746. The Kier molecular flexibility index (Phi) is 5.24. The summed E-state index contributed by atoms with van der Waals surface area (Å²) in [6.07, 6.45) is 0.213. The molecule has 2 amide bonds. The van der Waals surface area contributed by atoms with Crippen LogP contribution in [-0.2, 0) is 11.2 Å². The lowest BCUT2D eigenvalue weighted by molar-refractivity contribution is -0.119. The van der Waals surface area contributed by atoms with Crippen LogP contribution in [-0.4, -0.2) is 16.9 Å². The van der Waals surface area contributed by atoms with Crippen LogP contribution in [0.4, 0.5) is 5.69 Å². The number of benzene rings is 3. The third-order valence-electron chi connectivity index (χ3n) is 3.89. The summed E-state index contributed by atoms with van der Waals surface area (Å²) in [6.45, 7) is 0. The Morgan fingerprint density at radius 3 is 2.50 bits per heavy atom. The van der Waals surface area contributed by atoms with E-state index in [0.717, 1.165) is 16.3 Å². The molecule has 0 aliphatic heterocycles. The van der Waals surface area contributed by atoms with Gasteiger partial charge in [0.25, 0.3) is 0 Å². The number of nitrogens with two attached hydrogens (primary N) is 1. The second-order valence-corrected chi connectivity index (χ2v) is 6.17. The maximum atomic E-state index is 12.3. The molecule has 0 aliphatic rings. The van der Waals surface area contributed by atoms with Crippen molar-refractivity contribution < 1.29 is 9.59 Å². The van der Waals surface area contributed by atoms with E-state index in [9.17, 15) is 9.59 Å². The first kappa shape index (κ1) is 17.6. The van der Waals surface area contributed by atoms with Gasteiger partial charge < -0.3 is 16.4 Å². The Labute approximate surface area is 156 Å². The van der Waals surface area contributed by atoms with Crippen molar-refractivity contribution in [2.75, 3.05) is 5.32 Å². The van der Waals surface area contributed by atoms with Gasteiger partial charge in [-0.2, -0.15) is 0 Å². The monoisotopic (exact) mass is 363 g/mol. The molecule has 3 rings (SSSR count). The van der Waals surface area contributed by atoms with Gasteiger partial charge in [0.05, 0.1) is 6.42 Å². The molecule has 3 aromatic rings. The first-order chi connectivity index (χ1) is 12.5. The number of carbonyl (C=O) groups is 2. The number of hydrogen-bond acceptors (Lipinski definition) is 3. The number of thiocarbonyl (C=S) groups is 1. The number of fused-ring (bicyclic) bond motifs is 1. The highest BCUT2D eigenvalue weighted by Gasteiger charge is 2.09. The van der Waals surface area contributed by atoms with Crippen LogP contribution in [0.3, 0.4) is 0 Å². The number of hydrogen-bond donors (Lipinski definition) is 3. The van der Waals surface area contributed by atoms with Gasteiger partial charge in [0, 0.05) is 11.3 Å². The van der Waals surface area contributed by atoms with Crippen LogP contribution in [0.1, 0.15) is 15.9 Å². The zero-order valence-corrected chi connectivity index (χ0v) is 14.7. The van der Waals surface area contributed by atoms with Crippen LogP contribution < -0.4 is 16.4 Å². The van der Waals surface area contributed by atoms with Crippen LogP contribution in [0.2, 0.25) is 0 Å². The van der Waals surface area contributed by atoms with Gasteiger partial charge in [-0.25, -0.2) is 0 Å². The molecule has 0 saturated carbocycles. The third kappa shape index (κ3) is 4.23. The average Bonchev–Trinajstić information content (AvgIpc) is 2.62. The van der Waals surface area contributed by atoms with E-state index in [1.807, 2.05) is 42.5 Å². The highest BCUT2D eigenvalue weighted by Crippen LogP contribution is 2.18. The smallest absolute Gasteiger partial charge is 0.248 e. The molecule has 0 unspecified atom stereocenters. The van der Waals surface area contributed by atoms with Crippen LogP contribution in [0.25, 0.3) is 10.8 Å². The number of rotatable bonds is 4. The molecular weight excluding hydrogens is 346 g/mol. The van der Waals surface area contributed by atoms with Gasteiger partial charge >= 0.3 is 0 Å². The van der Waals surface area contributed by atoms with Crippen molar-refractivity contribution in [1.29, 1.82) is 0 Å². The van der Waals surface area contributed by atoms with Gasteiger partial charge in [0.15, 0.2) is 5.11 Å². The van der Waals surface area contributed by atoms with E-state index in [2.05, 4.69) is 10.6 Å². The van der Waals surface area contributed by atoms with Crippen molar-refractivity contribution in [1.82, 2.24) is 5.32 Å². The molecule has 3 aromatic carbocycles. The van der Waals surface area contributed by atoms with E-state index in [1.165, 1.54) is 0 Å². The molecule has 130 valence electrons. The molecule has 0 spiro atoms. The SMILES string of the molecule is NC(=O)c1cccc(NC(=S)NC(=O)Cc2cccc3ccccc23)c1. The molecule has 0 radical (unpaired) electrons. The molecule has 0 fully saturated rings. The van der Waals surface area contributed by atoms with E-state index in [4.69, 9.17) is 18.0 Å². The normalized spacial score (nSPS) is 10.3. The molecule has 0 saturated heterocycles. The largest absolute Gasteiger partial charge is 0.366 e. The molecule has 4 N–H and O–H groups in total. The van der Waals surface area contributed by atoms with E-state index in [1.54, 1.807) is 24.3 Å². The van der Waals surface area contributed by atoms with Crippen molar-refractivity contribution in [3.05, 3.63) is 77.9 Å². The molecule has 0 bridgehead atoms. The van der Waals surface area contributed by atoms with Gasteiger partial charge in [-0.15, -0.1) is 0 Å². The summed E-state index contributed by atoms with van der Waals surface area (Å²) in [6, 6.07) is 20.4. The van der Waals surface area contributed by atoms with Gasteiger partial charge in [0.2, 0.25) is 11.8 Å². The Morgan fingerprint density at radius 2 is 1.69 bits per heavy atom. The lowest BCUT2D eigenvalue weighted by Crippen LogP contribution is -2.35. The van der Waals surface area contributed by atoms with Crippen LogP contribution in [0, 0.1) is 0 Å². The summed E-state index contributed by atoms with van der Waals surface area (Å²) >= 11 is 5.17. The first-order valence-corrected chi connectivity index (χ1v) is 8.41. The van der Waals surface area contributed by atoms with E-state index >= 15 is 0 Å². The summed E-state index contributed by atoms with van der Waals surface area (Å²) in [4.78, 5) is 23.5. The maximum absolute atomic E-state index is 12.3. The molecule has 0 aliphatic carbocycles. The maximum Gasteiger partial charge on any atom is 0.248 e. The average molecular weight is 363 g/mol. The van der Waals surface area contributed by atoms with Gasteiger partial charge in [0.1, 0.15) is 0 Å². The van der Waals surface area contributed by atoms with Crippen molar-refractivity contribution in [3.8, 4) is 0 Å². The highest BCUT2D eigenvalue weighted by molar-refractivity contribution is 7.80. The van der Waals surface area contributed by atoms with Crippen molar-refractivity contribution in [2.45, 2.75) is 6.42 Å². The van der Waals surface area contributed by atoms with Gasteiger partial charge in [-0.3, -0.25) is 9.59 Å². The number of primary amides is 1. The van der Waals surface area contributed by atoms with Gasteiger partial charge in [-0.05, 0) is 46.8 Å². The second-order valence-electron chi connectivity index (χ2n) is 5.76. The Morgan fingerprint density at radius 1 is 0.962 bits per heavy atom. The van der Waals surface area contributed by atoms with Crippen molar-refractivity contribution >= 4 is 45.6 Å². The van der Waals surface area contributed by atoms with Crippen LogP contribution in [0.15, 0.2) is 66.7 Å². The molecular formula is C20H17N3O2S. The van der Waals surface area contributed by atoms with Crippen molar-refractivity contribution in [3.63, 3.8) is 0 Å². The minimum Gasteiger partial charge on any atom is -0.366 e. The van der Waals surface area contributed by atoms with Crippen LogP contribution in [0.5, 0.6) is 0 Å². The standard InChI is InChI=1S/C20H17N3O2S/c21-19(25)15-8-4-9-16(11-15)22-20(26)23-18(24)12-14-7-3-6-13-5-1-2-10-17(13)14/h1-11H,12H2,(H2,21,25)(H2,22,23,24,26). The number of nitrogens with one attached hydrogen (secondary N) is 2. The summed E-state index contributed by atoms with van der Waals surface area (Å²) in [7, 11) is 0. The zero-order chi connectivity index (χ0) is 18.5. The molecule has 0 atom stereocenters. The Bertz CT molecular complexity index is 996. The number of anilines is 1. The lowest BCUT2D eigenvalue weighted by atomic mass is 10.0. The van der Waals surface area contributed by atoms with Crippen molar-refractivity contribution in [2.24, 2.45) is 5.73 Å². The summed E-state index contributed by atoms with van der Waals surface area (Å²) < 4.78 is 0. The predicted molar refractivity (Wildman–Crippen MR) is 107 cm³/mol. The predicted octanol–water partition coefficient (Wildman–Crippen LogP) is 2.99. The third-order valence-corrected chi connectivity index (χ3v) is 4.09.